The molecular formula is C29H32ClFN4O3S. The number of halogens is 2. The van der Waals surface area contributed by atoms with Crippen molar-refractivity contribution in [3.05, 3.63) is 63.4 Å². The van der Waals surface area contributed by atoms with Crippen LogP contribution in [-0.2, 0) is 11.3 Å². The first kappa shape index (κ1) is 27.7. The Morgan fingerprint density at radius 1 is 1.08 bits per heavy atom. The van der Waals surface area contributed by atoms with E-state index in [2.05, 4.69) is 41.1 Å². The predicted octanol–water partition coefficient (Wildman–Crippen LogP) is 6.36. The first-order chi connectivity index (χ1) is 18.7. The highest BCUT2D eigenvalue weighted by atomic mass is 35.5. The van der Waals surface area contributed by atoms with E-state index in [0.717, 1.165) is 62.0 Å². The van der Waals surface area contributed by atoms with Crippen LogP contribution in [0.4, 0.5) is 9.52 Å². The molecule has 1 saturated carbocycles. The minimum absolute atomic E-state index is 0.0819. The number of anilines is 1. The van der Waals surface area contributed by atoms with Crippen LogP contribution < -0.4 is 4.90 Å². The van der Waals surface area contributed by atoms with E-state index in [4.69, 9.17) is 16.7 Å². The van der Waals surface area contributed by atoms with Crippen LogP contribution in [0.2, 0.25) is 5.02 Å². The van der Waals surface area contributed by atoms with Gasteiger partial charge in [0.15, 0.2) is 0 Å². The van der Waals surface area contributed by atoms with E-state index in [1.807, 2.05) is 0 Å². The molecule has 206 valence electrons. The van der Waals surface area contributed by atoms with Crippen LogP contribution in [0.3, 0.4) is 0 Å². The molecule has 0 unspecified atom stereocenters. The fourth-order valence-electron chi connectivity index (χ4n) is 5.24. The Morgan fingerprint density at radius 3 is 2.38 bits per heavy atom. The van der Waals surface area contributed by atoms with Crippen LogP contribution in [-0.4, -0.2) is 51.7 Å². The van der Waals surface area contributed by atoms with Gasteiger partial charge in [0, 0.05) is 25.1 Å². The number of carbonyl (C=O) groups excluding carboxylic acids is 1. The summed E-state index contributed by atoms with van der Waals surface area (Å²) in [6, 6.07) is 8.05. The van der Waals surface area contributed by atoms with Gasteiger partial charge in [-0.15, -0.1) is 10.2 Å². The molecule has 2 fully saturated rings. The molecule has 0 spiro atoms. The largest absolute Gasteiger partial charge is 0.481 e. The lowest BCUT2D eigenvalue weighted by Crippen LogP contribution is -2.34. The van der Waals surface area contributed by atoms with E-state index in [0.29, 0.717) is 17.6 Å². The normalized spacial score (nSPS) is 16.4. The van der Waals surface area contributed by atoms with Crippen molar-refractivity contribution >= 4 is 39.9 Å². The number of carbonyl (C=O) groups is 2. The van der Waals surface area contributed by atoms with Crippen LogP contribution in [0.15, 0.2) is 30.3 Å². The number of nitrogens with zero attached hydrogens (tertiary/aromatic N) is 4. The van der Waals surface area contributed by atoms with Gasteiger partial charge in [0.1, 0.15) is 10.8 Å². The van der Waals surface area contributed by atoms with Crippen LogP contribution in [0, 0.1) is 31.5 Å². The number of benzene rings is 2. The third kappa shape index (κ3) is 6.65. The fourth-order valence-corrected chi connectivity index (χ4v) is 6.33. The van der Waals surface area contributed by atoms with Crippen molar-refractivity contribution in [1.82, 2.24) is 15.1 Å². The van der Waals surface area contributed by atoms with E-state index in [1.165, 1.54) is 40.2 Å². The molecule has 10 heteroatoms. The summed E-state index contributed by atoms with van der Waals surface area (Å²) in [4.78, 5) is 28.5. The lowest BCUT2D eigenvalue weighted by Gasteiger charge is -2.32. The first-order valence-corrected chi connectivity index (χ1v) is 14.5. The Kier molecular flexibility index (Phi) is 8.30. The number of hydrogen-bond donors (Lipinski definition) is 1. The lowest BCUT2D eigenvalue weighted by molar-refractivity contribution is -0.138. The number of aryl methyl sites for hydroxylation is 2. The van der Waals surface area contributed by atoms with Crippen molar-refractivity contribution < 1.29 is 19.1 Å². The number of aromatic nitrogens is 2. The molecule has 0 radical (unpaired) electrons. The second-order valence-electron chi connectivity index (χ2n) is 10.8. The highest BCUT2D eigenvalue weighted by molar-refractivity contribution is 7.18. The molecule has 39 heavy (non-hydrogen) atoms. The smallest absolute Gasteiger partial charge is 0.303 e. The first-order valence-electron chi connectivity index (χ1n) is 13.3. The minimum Gasteiger partial charge on any atom is -0.481 e. The Bertz CT molecular complexity index is 1360. The minimum atomic E-state index is -0.713. The maximum absolute atomic E-state index is 13.6. The van der Waals surface area contributed by atoms with Crippen LogP contribution >= 0.6 is 22.9 Å². The zero-order valence-corrected chi connectivity index (χ0v) is 23.7. The number of aliphatic carboxylic acids is 1. The molecule has 2 aromatic carbocycles. The number of likely N-dealkylation sites (tertiary alicyclic amines) is 1. The Balaban J connectivity index is 1.33. The summed E-state index contributed by atoms with van der Waals surface area (Å²) in [5.41, 5.74) is 4.81. The Hall–Kier alpha value is -2.88. The molecule has 1 amide bonds. The number of carboxylic acids is 1. The zero-order valence-electron chi connectivity index (χ0n) is 22.1. The van der Waals surface area contributed by atoms with E-state index in [-0.39, 0.29) is 28.8 Å². The third-order valence-corrected chi connectivity index (χ3v) is 8.99. The van der Waals surface area contributed by atoms with Crippen molar-refractivity contribution in [2.75, 3.05) is 24.5 Å². The van der Waals surface area contributed by atoms with E-state index >= 15 is 0 Å². The second kappa shape index (κ2) is 11.7. The maximum Gasteiger partial charge on any atom is 0.303 e. The quantitative estimate of drug-likeness (QED) is 0.322. The molecule has 3 aromatic rings. The SMILES string of the molecule is Cc1cc(-c2nnc(N(CC3CC3)C(=O)c3ccc(F)cc3Cl)s2)cc(C)c1CN1CCC(CC(=O)O)CC1. The molecular weight excluding hydrogens is 539 g/mol. The highest BCUT2D eigenvalue weighted by Gasteiger charge is 2.31. The molecule has 1 saturated heterocycles. The molecule has 2 aliphatic rings. The van der Waals surface area contributed by atoms with Gasteiger partial charge in [-0.1, -0.05) is 22.9 Å². The molecule has 7 nitrogen and oxygen atoms in total. The molecule has 1 aromatic heterocycles. The van der Waals surface area contributed by atoms with E-state index in [1.54, 1.807) is 4.90 Å². The van der Waals surface area contributed by atoms with Crippen LogP contribution in [0.25, 0.3) is 10.6 Å². The molecule has 1 aliphatic carbocycles. The summed E-state index contributed by atoms with van der Waals surface area (Å²) in [6.45, 7) is 7.37. The second-order valence-corrected chi connectivity index (χ2v) is 12.1. The van der Waals surface area contributed by atoms with Crippen molar-refractivity contribution in [3.63, 3.8) is 0 Å². The van der Waals surface area contributed by atoms with Gasteiger partial charge in [0.25, 0.3) is 5.91 Å². The molecule has 1 N–H and O–H groups in total. The van der Waals surface area contributed by atoms with Gasteiger partial charge in [-0.25, -0.2) is 4.39 Å². The summed E-state index contributed by atoms with van der Waals surface area (Å²) in [5.74, 6) is -0.821. The fraction of sp³-hybridized carbons (Fsp3) is 0.448. The van der Waals surface area contributed by atoms with E-state index < -0.39 is 11.8 Å². The predicted molar refractivity (Wildman–Crippen MR) is 151 cm³/mol. The number of rotatable bonds is 9. The number of amides is 1. The Morgan fingerprint density at radius 2 is 1.77 bits per heavy atom. The average Bonchev–Trinajstić information content (AvgIpc) is 3.58. The molecule has 0 bridgehead atoms. The van der Waals surface area contributed by atoms with Gasteiger partial charge in [-0.05, 0) is 111 Å². The summed E-state index contributed by atoms with van der Waals surface area (Å²) < 4.78 is 13.6. The lowest BCUT2D eigenvalue weighted by atomic mass is 9.92. The summed E-state index contributed by atoms with van der Waals surface area (Å²) in [7, 11) is 0. The van der Waals surface area contributed by atoms with Gasteiger partial charge in [-0.3, -0.25) is 19.4 Å². The average molecular weight is 571 g/mol. The monoisotopic (exact) mass is 570 g/mol. The molecule has 0 atom stereocenters. The van der Waals surface area contributed by atoms with Gasteiger partial charge in [0.05, 0.1) is 10.6 Å². The topological polar surface area (TPSA) is 86.6 Å². The number of hydrogen-bond acceptors (Lipinski definition) is 6. The summed E-state index contributed by atoms with van der Waals surface area (Å²) >= 11 is 7.58. The Labute approximate surface area is 236 Å². The number of carboxylic acid groups (broad SMARTS) is 1. The van der Waals surface area contributed by atoms with Crippen LogP contribution in [0.5, 0.6) is 0 Å². The molecule has 1 aliphatic heterocycles. The molecule has 5 rings (SSSR count). The summed E-state index contributed by atoms with van der Waals surface area (Å²) in [5, 5.41) is 19.2. The van der Waals surface area contributed by atoms with Gasteiger partial charge >= 0.3 is 5.97 Å². The van der Waals surface area contributed by atoms with Crippen LogP contribution in [0.1, 0.15) is 59.2 Å². The maximum atomic E-state index is 13.6. The van der Waals surface area contributed by atoms with E-state index in [9.17, 15) is 14.0 Å². The van der Waals surface area contributed by atoms with Gasteiger partial charge in [-0.2, -0.15) is 0 Å². The standard InChI is InChI=1S/C29H32ClFN4O3S/c1-17-11-21(12-18(2)24(17)16-34-9-7-19(8-10-34)13-26(36)37)27-32-33-29(39-27)35(15-20-3-4-20)28(38)23-6-5-22(31)14-25(23)30/h5-6,11-12,14,19-20H,3-4,7-10,13,15-16H2,1-2H3,(H,36,37). The number of piperidine rings is 1. The van der Waals surface area contributed by atoms with Crippen molar-refractivity contribution in [3.8, 4) is 10.6 Å². The zero-order chi connectivity index (χ0) is 27.7. The van der Waals surface area contributed by atoms with Crippen molar-refractivity contribution in [1.29, 1.82) is 0 Å². The van der Waals surface area contributed by atoms with Gasteiger partial charge in [0.2, 0.25) is 5.13 Å². The summed E-state index contributed by atoms with van der Waals surface area (Å²) in [6.07, 6.45) is 4.20. The van der Waals surface area contributed by atoms with Gasteiger partial charge < -0.3 is 5.11 Å². The molecule has 2 heterocycles. The highest BCUT2D eigenvalue weighted by Crippen LogP contribution is 2.37. The van der Waals surface area contributed by atoms with Crippen molar-refractivity contribution in [2.45, 2.75) is 52.5 Å². The van der Waals surface area contributed by atoms with Crippen molar-refractivity contribution in [2.24, 2.45) is 11.8 Å². The third-order valence-electron chi connectivity index (χ3n) is 7.68.